The highest BCUT2D eigenvalue weighted by Crippen LogP contribution is 2.38. The predicted molar refractivity (Wildman–Crippen MR) is 149 cm³/mol. The second-order valence-electron chi connectivity index (χ2n) is 8.91. The van der Waals surface area contributed by atoms with Crippen molar-refractivity contribution in [2.75, 3.05) is 11.9 Å². The van der Waals surface area contributed by atoms with Crippen molar-refractivity contribution in [3.63, 3.8) is 0 Å². The molecule has 0 aliphatic heterocycles. The molecule has 10 nitrogen and oxygen atoms in total. The molecule has 204 valence electrons. The Morgan fingerprint density at radius 2 is 1.90 bits per heavy atom. The summed E-state index contributed by atoms with van der Waals surface area (Å²) in [5.41, 5.74) is 10.4. The number of carbonyl (C=O) groups excluding carboxylic acids is 3. The fourth-order valence-corrected chi connectivity index (χ4v) is 5.47. The molecule has 3 amide bonds. The second kappa shape index (κ2) is 12.4. The molecule has 0 unspecified atom stereocenters. The van der Waals surface area contributed by atoms with Crippen molar-refractivity contribution in [1.82, 2.24) is 5.43 Å². The van der Waals surface area contributed by atoms with Gasteiger partial charge in [-0.2, -0.15) is 5.10 Å². The van der Waals surface area contributed by atoms with E-state index in [2.05, 4.69) is 15.8 Å². The van der Waals surface area contributed by atoms with Gasteiger partial charge < -0.3 is 25.6 Å². The van der Waals surface area contributed by atoms with Gasteiger partial charge in [0.15, 0.2) is 17.6 Å². The number of hydrazone groups is 1. The first-order chi connectivity index (χ1) is 18.8. The van der Waals surface area contributed by atoms with E-state index in [1.54, 1.807) is 43.3 Å². The summed E-state index contributed by atoms with van der Waals surface area (Å²) in [6.07, 6.45) is 4.27. The number of anilines is 1. The van der Waals surface area contributed by atoms with Crippen LogP contribution < -0.4 is 25.9 Å². The van der Waals surface area contributed by atoms with Gasteiger partial charge in [0.1, 0.15) is 10.8 Å². The molecule has 4 rings (SSSR count). The third kappa shape index (κ3) is 6.74. The van der Waals surface area contributed by atoms with Crippen LogP contribution in [0.1, 0.15) is 63.4 Å². The van der Waals surface area contributed by atoms with Gasteiger partial charge >= 0.3 is 0 Å². The maximum Gasteiger partial charge on any atom is 0.280 e. The molecule has 11 heteroatoms. The van der Waals surface area contributed by atoms with E-state index in [9.17, 15) is 19.5 Å². The fourth-order valence-electron chi connectivity index (χ4n) is 4.18. The summed E-state index contributed by atoms with van der Waals surface area (Å²) in [6.45, 7) is 3.78. The molecule has 1 aromatic heterocycles. The number of hydrogen-bond donors (Lipinski definition) is 4. The molecule has 0 fully saturated rings. The zero-order valence-electron chi connectivity index (χ0n) is 21.7. The number of amides is 3. The Labute approximate surface area is 229 Å². The second-order valence-corrected chi connectivity index (χ2v) is 10.0. The fraction of sp³-hybridized carbons (Fsp3) is 0.286. The number of phenolic OH excluding ortho intramolecular Hbond substituents is 1. The van der Waals surface area contributed by atoms with Crippen molar-refractivity contribution >= 4 is 40.3 Å². The summed E-state index contributed by atoms with van der Waals surface area (Å²) in [6, 6.07) is 11.0. The van der Waals surface area contributed by atoms with Gasteiger partial charge in [0.05, 0.1) is 18.4 Å². The number of nitrogens with one attached hydrogen (secondary N) is 2. The molecule has 2 aromatic carbocycles. The Hall–Kier alpha value is -4.38. The number of primary amides is 1. The Bertz CT molecular complexity index is 1400. The lowest BCUT2D eigenvalue weighted by atomic mass is 9.95. The first-order valence-electron chi connectivity index (χ1n) is 12.6. The Balaban J connectivity index is 1.33. The number of rotatable bonds is 10. The number of ether oxygens (including phenoxy) is 2. The molecule has 0 bridgehead atoms. The summed E-state index contributed by atoms with van der Waals surface area (Å²) < 4.78 is 11.0. The lowest BCUT2D eigenvalue weighted by Crippen LogP contribution is -2.33. The minimum absolute atomic E-state index is 0.0178. The van der Waals surface area contributed by atoms with E-state index in [-0.39, 0.29) is 11.7 Å². The lowest BCUT2D eigenvalue weighted by molar-refractivity contribution is -0.127. The van der Waals surface area contributed by atoms with Gasteiger partial charge in [-0.25, -0.2) is 5.43 Å². The van der Waals surface area contributed by atoms with Gasteiger partial charge in [-0.05, 0) is 93.1 Å². The highest BCUT2D eigenvalue weighted by molar-refractivity contribution is 7.17. The van der Waals surface area contributed by atoms with E-state index < -0.39 is 17.9 Å². The maximum absolute atomic E-state index is 12.9. The zero-order valence-corrected chi connectivity index (χ0v) is 22.5. The molecular formula is C28H30N4O6S. The number of thiophene rings is 1. The minimum atomic E-state index is -0.865. The molecular weight excluding hydrogens is 520 g/mol. The van der Waals surface area contributed by atoms with Gasteiger partial charge in [-0.1, -0.05) is 0 Å². The number of nitrogens with zero attached hydrogens (tertiary/aromatic N) is 1. The number of hydrogen-bond acceptors (Lipinski definition) is 8. The van der Waals surface area contributed by atoms with Crippen LogP contribution in [0, 0.1) is 0 Å². The van der Waals surface area contributed by atoms with E-state index in [1.807, 2.05) is 6.92 Å². The quantitative estimate of drug-likeness (QED) is 0.221. The highest BCUT2D eigenvalue weighted by Gasteiger charge is 2.25. The van der Waals surface area contributed by atoms with Crippen LogP contribution in [0.25, 0.3) is 0 Å². The maximum atomic E-state index is 12.9. The van der Waals surface area contributed by atoms with Gasteiger partial charge in [0.2, 0.25) is 0 Å². The van der Waals surface area contributed by atoms with E-state index in [0.29, 0.717) is 39.8 Å². The van der Waals surface area contributed by atoms with Crippen LogP contribution in [-0.2, 0) is 17.6 Å². The Morgan fingerprint density at radius 3 is 2.62 bits per heavy atom. The number of fused-ring (bicyclic) bond motifs is 1. The van der Waals surface area contributed by atoms with Crippen LogP contribution in [0.4, 0.5) is 5.00 Å². The van der Waals surface area contributed by atoms with Crippen molar-refractivity contribution in [3.05, 3.63) is 69.6 Å². The standard InChI is InChI=1S/C28H30N4O6S/c1-3-37-22-14-17(8-13-21(22)33)15-30-32-26(35)16(2)38-19-11-9-18(10-12-19)27(36)31-28-24(25(29)34)20-6-4-5-7-23(20)39-28/h8-16,33H,3-7H2,1-2H3,(H2,29,34)(H,31,36)(H,32,35)/b30-15+/t16-/m1/s1. The number of aromatic hydroxyl groups is 1. The predicted octanol–water partition coefficient (Wildman–Crippen LogP) is 4.00. The number of carbonyl (C=O) groups is 3. The van der Waals surface area contributed by atoms with E-state index >= 15 is 0 Å². The molecule has 3 aromatic rings. The summed E-state index contributed by atoms with van der Waals surface area (Å²) in [5, 5.41) is 17.0. The largest absolute Gasteiger partial charge is 0.504 e. The molecule has 1 heterocycles. The smallest absolute Gasteiger partial charge is 0.280 e. The van der Waals surface area contributed by atoms with Crippen LogP contribution >= 0.6 is 11.3 Å². The molecule has 39 heavy (non-hydrogen) atoms. The molecule has 1 aliphatic carbocycles. The molecule has 1 atom stereocenters. The summed E-state index contributed by atoms with van der Waals surface area (Å²) in [4.78, 5) is 38.4. The molecule has 0 saturated heterocycles. The van der Waals surface area contributed by atoms with Crippen molar-refractivity contribution in [2.24, 2.45) is 10.8 Å². The third-order valence-electron chi connectivity index (χ3n) is 6.12. The van der Waals surface area contributed by atoms with E-state index in [0.717, 1.165) is 36.1 Å². The summed E-state index contributed by atoms with van der Waals surface area (Å²) in [5.74, 6) is -0.651. The van der Waals surface area contributed by atoms with Crippen LogP contribution in [-0.4, -0.2) is 41.8 Å². The third-order valence-corrected chi connectivity index (χ3v) is 7.32. The number of aryl methyl sites for hydroxylation is 1. The summed E-state index contributed by atoms with van der Waals surface area (Å²) in [7, 11) is 0. The van der Waals surface area contributed by atoms with E-state index in [4.69, 9.17) is 15.2 Å². The SMILES string of the molecule is CCOc1cc(/C=N/NC(=O)[C@@H](C)Oc2ccc(C(=O)Nc3sc4c(c3C(N)=O)CCCC4)cc2)ccc1O. The zero-order chi connectivity index (χ0) is 27.9. The number of phenols is 1. The van der Waals surface area contributed by atoms with Gasteiger partial charge in [0.25, 0.3) is 17.7 Å². The molecule has 0 saturated carbocycles. The normalized spacial score (nSPS) is 13.4. The van der Waals surface area contributed by atoms with Gasteiger partial charge in [0, 0.05) is 10.4 Å². The molecule has 0 spiro atoms. The molecule has 5 N–H and O–H groups in total. The minimum Gasteiger partial charge on any atom is -0.504 e. The first kappa shape index (κ1) is 27.6. The Morgan fingerprint density at radius 1 is 1.15 bits per heavy atom. The van der Waals surface area contributed by atoms with Crippen LogP contribution in [0.5, 0.6) is 17.2 Å². The van der Waals surface area contributed by atoms with Crippen LogP contribution in [0.15, 0.2) is 47.6 Å². The van der Waals surface area contributed by atoms with E-state index in [1.165, 1.54) is 23.6 Å². The Kier molecular flexibility index (Phi) is 8.82. The molecule has 0 radical (unpaired) electrons. The van der Waals surface area contributed by atoms with Crippen molar-refractivity contribution < 1.29 is 29.0 Å². The lowest BCUT2D eigenvalue weighted by Gasteiger charge is -2.13. The average molecular weight is 551 g/mol. The summed E-state index contributed by atoms with van der Waals surface area (Å²) >= 11 is 1.41. The van der Waals surface area contributed by atoms with Gasteiger partial charge in [-0.3, -0.25) is 14.4 Å². The van der Waals surface area contributed by atoms with Crippen LogP contribution in [0.2, 0.25) is 0 Å². The molecule has 1 aliphatic rings. The average Bonchev–Trinajstić information content (AvgIpc) is 3.29. The van der Waals surface area contributed by atoms with Crippen molar-refractivity contribution in [3.8, 4) is 17.2 Å². The number of benzene rings is 2. The van der Waals surface area contributed by atoms with Crippen molar-refractivity contribution in [1.29, 1.82) is 0 Å². The van der Waals surface area contributed by atoms with Crippen LogP contribution in [0.3, 0.4) is 0 Å². The monoisotopic (exact) mass is 550 g/mol. The van der Waals surface area contributed by atoms with Crippen molar-refractivity contribution in [2.45, 2.75) is 45.6 Å². The van der Waals surface area contributed by atoms with Gasteiger partial charge in [-0.15, -0.1) is 11.3 Å². The first-order valence-corrected chi connectivity index (χ1v) is 13.4. The highest BCUT2D eigenvalue weighted by atomic mass is 32.1. The number of nitrogens with two attached hydrogens (primary N) is 1. The topological polar surface area (TPSA) is 152 Å².